The molecule has 0 N–H and O–H groups in total. The highest BCUT2D eigenvalue weighted by molar-refractivity contribution is 5.81. The summed E-state index contributed by atoms with van der Waals surface area (Å²) in [6, 6.07) is 15.8. The molecule has 0 radical (unpaired) electrons. The van der Waals surface area contributed by atoms with Gasteiger partial charge in [0.25, 0.3) is 5.91 Å². The van der Waals surface area contributed by atoms with E-state index in [1.54, 1.807) is 6.33 Å². The lowest BCUT2D eigenvalue weighted by Crippen LogP contribution is -2.52. The smallest absolute Gasteiger partial charge is 0.263 e. The highest BCUT2D eigenvalue weighted by atomic mass is 16.5. The quantitative estimate of drug-likeness (QED) is 0.524. The number of anilines is 1. The van der Waals surface area contributed by atoms with E-state index in [1.165, 1.54) is 0 Å². The van der Waals surface area contributed by atoms with Crippen molar-refractivity contribution in [1.82, 2.24) is 14.9 Å². The van der Waals surface area contributed by atoms with E-state index in [-0.39, 0.29) is 5.91 Å². The van der Waals surface area contributed by atoms with Gasteiger partial charge < -0.3 is 19.3 Å². The highest BCUT2D eigenvalue weighted by Crippen LogP contribution is 2.25. The molecule has 1 aliphatic rings. The van der Waals surface area contributed by atoms with Gasteiger partial charge in [0, 0.05) is 37.8 Å². The summed E-state index contributed by atoms with van der Waals surface area (Å²) in [7, 11) is 0. The molecule has 0 bridgehead atoms. The first-order valence-corrected chi connectivity index (χ1v) is 11.8. The third-order valence-electron chi connectivity index (χ3n) is 6.24. The summed E-state index contributed by atoms with van der Waals surface area (Å²) >= 11 is 0. The molecule has 2 aromatic carbocycles. The van der Waals surface area contributed by atoms with Gasteiger partial charge in [0.1, 0.15) is 23.6 Å². The Morgan fingerprint density at radius 3 is 2.47 bits per heavy atom. The van der Waals surface area contributed by atoms with Crippen LogP contribution >= 0.6 is 0 Å². The van der Waals surface area contributed by atoms with Crippen LogP contribution in [-0.4, -0.2) is 59.7 Å². The van der Waals surface area contributed by atoms with Crippen LogP contribution in [0.25, 0.3) is 11.3 Å². The first-order valence-electron chi connectivity index (χ1n) is 11.8. The number of aryl methyl sites for hydroxylation is 1. The van der Waals surface area contributed by atoms with Gasteiger partial charge in [0.2, 0.25) is 0 Å². The number of piperazine rings is 1. The molecule has 7 nitrogen and oxygen atoms in total. The van der Waals surface area contributed by atoms with E-state index in [4.69, 9.17) is 9.47 Å². The van der Waals surface area contributed by atoms with Crippen molar-refractivity contribution < 1.29 is 14.3 Å². The van der Waals surface area contributed by atoms with Crippen LogP contribution in [0.1, 0.15) is 25.0 Å². The minimum absolute atomic E-state index is 0.0123. The Labute approximate surface area is 201 Å². The number of benzene rings is 2. The molecular weight excluding hydrogens is 428 g/mol. The van der Waals surface area contributed by atoms with Crippen LogP contribution in [0.3, 0.4) is 0 Å². The molecule has 1 saturated heterocycles. The molecule has 178 valence electrons. The maximum atomic E-state index is 13.0. The van der Waals surface area contributed by atoms with Gasteiger partial charge >= 0.3 is 0 Å². The summed E-state index contributed by atoms with van der Waals surface area (Å²) < 4.78 is 11.5. The van der Waals surface area contributed by atoms with E-state index < -0.39 is 6.10 Å². The second kappa shape index (κ2) is 10.5. The molecule has 1 amide bonds. The summed E-state index contributed by atoms with van der Waals surface area (Å²) in [6.45, 7) is 11.2. The van der Waals surface area contributed by atoms with Crippen molar-refractivity contribution in [2.75, 3.05) is 37.7 Å². The Hall–Kier alpha value is -3.61. The van der Waals surface area contributed by atoms with Gasteiger partial charge in [-0.2, -0.15) is 0 Å². The van der Waals surface area contributed by atoms with E-state index in [0.29, 0.717) is 32.8 Å². The van der Waals surface area contributed by atoms with Gasteiger partial charge in [-0.3, -0.25) is 4.79 Å². The summed E-state index contributed by atoms with van der Waals surface area (Å²) in [5, 5.41) is 0. The van der Waals surface area contributed by atoms with Crippen LogP contribution in [0.2, 0.25) is 0 Å². The van der Waals surface area contributed by atoms with Gasteiger partial charge in [0.15, 0.2) is 6.10 Å². The van der Waals surface area contributed by atoms with E-state index >= 15 is 0 Å². The van der Waals surface area contributed by atoms with Gasteiger partial charge in [-0.05, 0) is 69.2 Å². The van der Waals surface area contributed by atoms with E-state index in [1.807, 2.05) is 81.1 Å². The first-order chi connectivity index (χ1) is 16.5. The van der Waals surface area contributed by atoms with Gasteiger partial charge in [0.05, 0.1) is 12.3 Å². The van der Waals surface area contributed by atoms with Gasteiger partial charge in [-0.15, -0.1) is 0 Å². The fourth-order valence-electron chi connectivity index (χ4n) is 4.07. The summed E-state index contributed by atoms with van der Waals surface area (Å²) in [6.07, 6.45) is 1.07. The standard InChI is InChI=1S/C27H32N4O3/c1-5-33-23-11-9-22(10-12-23)24-17-26(29-18-28-24)30-13-15-31(16-14-30)27(32)21(4)34-25-8-6-7-19(2)20(25)3/h6-12,17-18,21H,5,13-16H2,1-4H3. The minimum atomic E-state index is -0.530. The van der Waals surface area contributed by atoms with Crippen molar-refractivity contribution in [3.8, 4) is 22.8 Å². The average Bonchev–Trinajstić information content (AvgIpc) is 2.87. The van der Waals surface area contributed by atoms with Gasteiger partial charge in [-0.1, -0.05) is 12.1 Å². The lowest BCUT2D eigenvalue weighted by molar-refractivity contribution is -0.138. The molecule has 1 fully saturated rings. The van der Waals surface area contributed by atoms with Crippen LogP contribution in [0.5, 0.6) is 11.5 Å². The van der Waals surface area contributed by atoms with Crippen molar-refractivity contribution >= 4 is 11.7 Å². The molecule has 1 aliphatic heterocycles. The number of ether oxygens (including phenoxy) is 2. The van der Waals surface area contributed by atoms with E-state index in [9.17, 15) is 4.79 Å². The maximum Gasteiger partial charge on any atom is 0.263 e. The number of amides is 1. The number of aromatic nitrogens is 2. The molecule has 0 spiro atoms. The predicted octanol–water partition coefficient (Wildman–Crippen LogP) is 4.28. The summed E-state index contributed by atoms with van der Waals surface area (Å²) in [4.78, 5) is 26.0. The molecule has 0 aliphatic carbocycles. The second-order valence-electron chi connectivity index (χ2n) is 8.49. The monoisotopic (exact) mass is 460 g/mol. The maximum absolute atomic E-state index is 13.0. The number of carbonyl (C=O) groups is 1. The number of hydrogen-bond donors (Lipinski definition) is 0. The third-order valence-corrected chi connectivity index (χ3v) is 6.24. The Balaban J connectivity index is 1.36. The van der Waals surface area contributed by atoms with Crippen molar-refractivity contribution in [1.29, 1.82) is 0 Å². The largest absolute Gasteiger partial charge is 0.494 e. The number of rotatable bonds is 7. The Kier molecular flexibility index (Phi) is 7.30. The van der Waals surface area contributed by atoms with E-state index in [0.717, 1.165) is 39.7 Å². The van der Waals surface area contributed by atoms with Crippen molar-refractivity contribution in [2.24, 2.45) is 0 Å². The Morgan fingerprint density at radius 2 is 1.76 bits per heavy atom. The number of carbonyl (C=O) groups excluding carboxylic acids is 1. The Bertz CT molecular complexity index is 1120. The van der Waals surface area contributed by atoms with Crippen molar-refractivity contribution in [2.45, 2.75) is 33.8 Å². The lowest BCUT2D eigenvalue weighted by atomic mass is 10.1. The third kappa shape index (κ3) is 5.30. The normalized spacial score (nSPS) is 14.6. The molecule has 1 unspecified atom stereocenters. The van der Waals surface area contributed by atoms with Crippen molar-refractivity contribution in [3.63, 3.8) is 0 Å². The zero-order valence-corrected chi connectivity index (χ0v) is 20.3. The molecule has 0 saturated carbocycles. The average molecular weight is 461 g/mol. The fourth-order valence-corrected chi connectivity index (χ4v) is 4.07. The highest BCUT2D eigenvalue weighted by Gasteiger charge is 2.27. The molecule has 2 heterocycles. The predicted molar refractivity (Wildman–Crippen MR) is 133 cm³/mol. The Morgan fingerprint density at radius 1 is 1.03 bits per heavy atom. The number of nitrogens with zero attached hydrogens (tertiary/aromatic N) is 4. The van der Waals surface area contributed by atoms with E-state index in [2.05, 4.69) is 14.9 Å². The minimum Gasteiger partial charge on any atom is -0.494 e. The molecule has 34 heavy (non-hydrogen) atoms. The van der Waals surface area contributed by atoms with Gasteiger partial charge in [-0.25, -0.2) is 9.97 Å². The van der Waals surface area contributed by atoms with Crippen LogP contribution in [0.4, 0.5) is 5.82 Å². The van der Waals surface area contributed by atoms with Crippen molar-refractivity contribution in [3.05, 3.63) is 66.0 Å². The first kappa shape index (κ1) is 23.5. The zero-order valence-electron chi connectivity index (χ0n) is 20.3. The molecule has 7 heteroatoms. The molecule has 1 aromatic heterocycles. The summed E-state index contributed by atoms with van der Waals surface area (Å²) in [5.41, 5.74) is 4.10. The SMILES string of the molecule is CCOc1ccc(-c2cc(N3CCN(C(=O)C(C)Oc4cccc(C)c4C)CC3)ncn2)cc1. The lowest BCUT2D eigenvalue weighted by Gasteiger charge is -2.36. The van der Waals surface area contributed by atoms with Crippen LogP contribution in [-0.2, 0) is 4.79 Å². The van der Waals surface area contributed by atoms with Crippen LogP contribution < -0.4 is 14.4 Å². The fraction of sp³-hybridized carbons (Fsp3) is 0.370. The topological polar surface area (TPSA) is 67.8 Å². The molecule has 1 atom stereocenters. The zero-order chi connectivity index (χ0) is 24.1. The molecule has 3 aromatic rings. The van der Waals surface area contributed by atoms with Crippen LogP contribution in [0, 0.1) is 13.8 Å². The van der Waals surface area contributed by atoms with Crippen LogP contribution in [0.15, 0.2) is 54.9 Å². The molecular formula is C27H32N4O3. The number of hydrogen-bond acceptors (Lipinski definition) is 6. The second-order valence-corrected chi connectivity index (χ2v) is 8.49. The summed E-state index contributed by atoms with van der Waals surface area (Å²) in [5.74, 6) is 2.49. The molecule has 4 rings (SSSR count).